The summed E-state index contributed by atoms with van der Waals surface area (Å²) in [6, 6.07) is 1.90. The molecule has 0 aromatic carbocycles. The van der Waals surface area contributed by atoms with Crippen molar-refractivity contribution in [2.45, 2.75) is 19.6 Å². The van der Waals surface area contributed by atoms with E-state index in [1.165, 1.54) is 0 Å². The molecule has 0 spiro atoms. The van der Waals surface area contributed by atoms with Crippen LogP contribution >= 0.6 is 0 Å². The molecule has 1 atom stereocenters. The summed E-state index contributed by atoms with van der Waals surface area (Å²) in [4.78, 5) is 11.0. The molecule has 2 heterocycles. The van der Waals surface area contributed by atoms with Crippen LogP contribution in [0.3, 0.4) is 0 Å². The van der Waals surface area contributed by atoms with Crippen LogP contribution in [0.25, 0.3) is 0 Å². The highest BCUT2D eigenvalue weighted by Crippen LogP contribution is 2.19. The van der Waals surface area contributed by atoms with Gasteiger partial charge in [-0.25, -0.2) is 9.97 Å². The normalized spacial score (nSPS) is 19.1. The molecule has 0 radical (unpaired) electrons. The summed E-state index contributed by atoms with van der Waals surface area (Å²) in [5, 5.41) is 12.2. The van der Waals surface area contributed by atoms with Gasteiger partial charge in [0.15, 0.2) is 5.82 Å². The molecule has 7 nitrogen and oxygen atoms in total. The first kappa shape index (κ1) is 15.0. The van der Waals surface area contributed by atoms with Crippen LogP contribution in [-0.4, -0.2) is 61.1 Å². The van der Waals surface area contributed by atoms with E-state index < -0.39 is 0 Å². The van der Waals surface area contributed by atoms with Crippen molar-refractivity contribution in [1.29, 1.82) is 0 Å². The molecule has 20 heavy (non-hydrogen) atoms. The minimum absolute atomic E-state index is 0.0201. The van der Waals surface area contributed by atoms with Crippen molar-refractivity contribution < 1.29 is 14.6 Å². The van der Waals surface area contributed by atoms with Crippen molar-refractivity contribution >= 4 is 11.6 Å². The Morgan fingerprint density at radius 3 is 3.10 bits per heavy atom. The molecule has 1 aromatic rings. The average molecular weight is 282 g/mol. The van der Waals surface area contributed by atoms with Gasteiger partial charge in [-0.15, -0.1) is 0 Å². The third kappa shape index (κ3) is 3.78. The number of nitrogens with zero attached hydrogens (tertiary/aromatic N) is 3. The maximum Gasteiger partial charge on any atom is 0.158 e. The average Bonchev–Trinajstić information content (AvgIpc) is 2.52. The van der Waals surface area contributed by atoms with E-state index >= 15 is 0 Å². The molecule has 1 aliphatic heterocycles. The second-order valence-corrected chi connectivity index (χ2v) is 4.54. The standard InChI is InChI=1S/C13H22N4O3/c1-3-19-9-12-15-11(14-2)6-13(16-12)17-4-5-20-10(7-17)8-18/h6,10,18H,3-5,7-9H2,1-2H3,(H,14,15,16). The number of nitrogens with one attached hydrogen (secondary N) is 1. The Balaban J connectivity index is 2.16. The van der Waals surface area contributed by atoms with Crippen molar-refractivity contribution in [3.63, 3.8) is 0 Å². The number of rotatable bonds is 6. The smallest absolute Gasteiger partial charge is 0.158 e. The molecule has 1 fully saturated rings. The number of aliphatic hydroxyl groups excluding tert-OH is 1. The number of hydrogen-bond acceptors (Lipinski definition) is 7. The first-order valence-electron chi connectivity index (χ1n) is 6.87. The zero-order chi connectivity index (χ0) is 14.4. The summed E-state index contributed by atoms with van der Waals surface area (Å²) in [5.41, 5.74) is 0. The summed E-state index contributed by atoms with van der Waals surface area (Å²) < 4.78 is 10.8. The van der Waals surface area contributed by atoms with E-state index in [4.69, 9.17) is 9.47 Å². The van der Waals surface area contributed by atoms with Gasteiger partial charge in [-0.3, -0.25) is 0 Å². The minimum atomic E-state index is -0.160. The molecule has 0 saturated carbocycles. The number of anilines is 2. The van der Waals surface area contributed by atoms with Gasteiger partial charge in [0.25, 0.3) is 0 Å². The largest absolute Gasteiger partial charge is 0.394 e. The van der Waals surface area contributed by atoms with Crippen molar-refractivity contribution in [1.82, 2.24) is 9.97 Å². The fourth-order valence-corrected chi connectivity index (χ4v) is 2.07. The van der Waals surface area contributed by atoms with Crippen molar-refractivity contribution in [3.05, 3.63) is 11.9 Å². The van der Waals surface area contributed by atoms with Crippen molar-refractivity contribution in [2.75, 3.05) is 50.2 Å². The van der Waals surface area contributed by atoms with E-state index in [1.807, 2.05) is 20.0 Å². The lowest BCUT2D eigenvalue weighted by molar-refractivity contribution is 0.00333. The molecule has 7 heteroatoms. The quantitative estimate of drug-likeness (QED) is 0.774. The first-order chi connectivity index (χ1) is 9.76. The van der Waals surface area contributed by atoms with Gasteiger partial charge in [0.2, 0.25) is 0 Å². The number of ether oxygens (including phenoxy) is 2. The third-order valence-electron chi connectivity index (χ3n) is 3.12. The molecule has 2 rings (SSSR count). The maximum atomic E-state index is 9.21. The molecule has 0 bridgehead atoms. The van der Waals surface area contributed by atoms with Crippen LogP contribution in [0.15, 0.2) is 6.07 Å². The predicted molar refractivity (Wildman–Crippen MR) is 75.9 cm³/mol. The Bertz CT molecular complexity index is 430. The van der Waals surface area contributed by atoms with Gasteiger partial charge in [-0.05, 0) is 6.92 Å². The molecule has 0 aliphatic carbocycles. The molecular weight excluding hydrogens is 260 g/mol. The number of aromatic nitrogens is 2. The predicted octanol–water partition coefficient (Wildman–Crippen LogP) is 0.252. The van der Waals surface area contributed by atoms with Crippen LogP contribution in [-0.2, 0) is 16.1 Å². The van der Waals surface area contributed by atoms with E-state index in [0.29, 0.717) is 32.2 Å². The van der Waals surface area contributed by atoms with Crippen LogP contribution in [0.5, 0.6) is 0 Å². The zero-order valence-corrected chi connectivity index (χ0v) is 12.0. The Morgan fingerprint density at radius 1 is 1.55 bits per heavy atom. The molecule has 1 aromatic heterocycles. The topological polar surface area (TPSA) is 79.7 Å². The van der Waals surface area contributed by atoms with Gasteiger partial charge in [0.05, 0.1) is 19.3 Å². The Morgan fingerprint density at radius 2 is 2.40 bits per heavy atom. The maximum absolute atomic E-state index is 9.21. The summed E-state index contributed by atoms with van der Waals surface area (Å²) in [6.45, 7) is 4.96. The van der Waals surface area contributed by atoms with Gasteiger partial charge < -0.3 is 24.8 Å². The fourth-order valence-electron chi connectivity index (χ4n) is 2.07. The zero-order valence-electron chi connectivity index (χ0n) is 12.0. The highest BCUT2D eigenvalue weighted by molar-refractivity contribution is 5.49. The van der Waals surface area contributed by atoms with E-state index in [9.17, 15) is 5.11 Å². The first-order valence-corrected chi connectivity index (χ1v) is 6.87. The second-order valence-electron chi connectivity index (χ2n) is 4.54. The summed E-state index contributed by atoms with van der Waals surface area (Å²) >= 11 is 0. The minimum Gasteiger partial charge on any atom is -0.394 e. The summed E-state index contributed by atoms with van der Waals surface area (Å²) in [5.74, 6) is 2.25. The SMILES string of the molecule is CCOCc1nc(NC)cc(N2CCOC(CO)C2)n1. The molecule has 112 valence electrons. The monoisotopic (exact) mass is 282 g/mol. The highest BCUT2D eigenvalue weighted by Gasteiger charge is 2.21. The van der Waals surface area contributed by atoms with E-state index in [0.717, 1.165) is 18.2 Å². The van der Waals surface area contributed by atoms with Crippen LogP contribution in [0, 0.1) is 0 Å². The van der Waals surface area contributed by atoms with E-state index in [1.54, 1.807) is 0 Å². The highest BCUT2D eigenvalue weighted by atomic mass is 16.5. The molecule has 0 amide bonds. The van der Waals surface area contributed by atoms with Gasteiger partial charge in [0, 0.05) is 32.8 Å². The number of aliphatic hydroxyl groups is 1. The fraction of sp³-hybridized carbons (Fsp3) is 0.692. The molecular formula is C13H22N4O3. The number of morpholine rings is 1. The summed E-state index contributed by atoms with van der Waals surface area (Å²) in [6.07, 6.45) is -0.160. The molecule has 1 aliphatic rings. The second kappa shape index (κ2) is 7.37. The molecule has 1 unspecified atom stereocenters. The van der Waals surface area contributed by atoms with E-state index in [-0.39, 0.29) is 12.7 Å². The lowest BCUT2D eigenvalue weighted by Crippen LogP contribution is -2.44. The van der Waals surface area contributed by atoms with E-state index in [2.05, 4.69) is 20.2 Å². The van der Waals surface area contributed by atoms with Crippen LogP contribution < -0.4 is 10.2 Å². The van der Waals surface area contributed by atoms with Crippen molar-refractivity contribution in [2.24, 2.45) is 0 Å². The summed E-state index contributed by atoms with van der Waals surface area (Å²) in [7, 11) is 1.83. The lowest BCUT2D eigenvalue weighted by Gasteiger charge is -2.33. The van der Waals surface area contributed by atoms with Gasteiger partial charge in [-0.2, -0.15) is 0 Å². The Hall–Kier alpha value is -1.44. The van der Waals surface area contributed by atoms with Gasteiger partial charge in [0.1, 0.15) is 18.2 Å². The third-order valence-corrected chi connectivity index (χ3v) is 3.12. The number of hydrogen-bond donors (Lipinski definition) is 2. The molecule has 2 N–H and O–H groups in total. The Kier molecular flexibility index (Phi) is 5.51. The molecule has 1 saturated heterocycles. The van der Waals surface area contributed by atoms with Crippen LogP contribution in [0.1, 0.15) is 12.7 Å². The van der Waals surface area contributed by atoms with Gasteiger partial charge >= 0.3 is 0 Å². The van der Waals surface area contributed by atoms with Crippen LogP contribution in [0.4, 0.5) is 11.6 Å². The van der Waals surface area contributed by atoms with Gasteiger partial charge in [-0.1, -0.05) is 0 Å². The lowest BCUT2D eigenvalue weighted by atomic mass is 10.3. The Labute approximate surface area is 118 Å². The van der Waals surface area contributed by atoms with Crippen LogP contribution in [0.2, 0.25) is 0 Å². The van der Waals surface area contributed by atoms with Crippen molar-refractivity contribution in [3.8, 4) is 0 Å².